The molecule has 2 aliphatic heterocycles. The van der Waals surface area contributed by atoms with Gasteiger partial charge in [-0.2, -0.15) is 0 Å². The molecule has 0 unspecified atom stereocenters. The van der Waals surface area contributed by atoms with Crippen LogP contribution in [-0.4, -0.2) is 59.5 Å². The molecule has 0 aromatic heterocycles. The van der Waals surface area contributed by atoms with Gasteiger partial charge in [-0.3, -0.25) is 9.69 Å². The maximum atomic E-state index is 13.7. The number of amides is 1. The SMILES string of the molecule is Cc1cc(C)cc(C(=O)N2CC[C@H](N3CCC(OC(=O)c4cc(Cl)cc(Cl)c4)CC3)C[C@H]2Cc2ccccc2)c1. The third kappa shape index (κ3) is 7.06. The summed E-state index contributed by atoms with van der Waals surface area (Å²) in [6, 6.07) is 21.9. The van der Waals surface area contributed by atoms with Crippen molar-refractivity contribution >= 4 is 35.1 Å². The van der Waals surface area contributed by atoms with Gasteiger partial charge in [-0.15, -0.1) is 0 Å². The van der Waals surface area contributed by atoms with Gasteiger partial charge in [0.25, 0.3) is 5.91 Å². The molecule has 0 spiro atoms. The van der Waals surface area contributed by atoms with E-state index in [0.29, 0.717) is 21.7 Å². The van der Waals surface area contributed by atoms with Crippen LogP contribution in [0, 0.1) is 13.8 Å². The molecule has 2 aliphatic rings. The van der Waals surface area contributed by atoms with Crippen LogP contribution in [0.3, 0.4) is 0 Å². The van der Waals surface area contributed by atoms with Crippen LogP contribution in [0.1, 0.15) is 63.1 Å². The normalized spacial score (nSPS) is 20.4. The third-order valence-corrected chi connectivity index (χ3v) is 8.53. The first-order chi connectivity index (χ1) is 19.2. The van der Waals surface area contributed by atoms with Gasteiger partial charge in [-0.1, -0.05) is 70.7 Å². The number of nitrogens with zero attached hydrogens (tertiary/aromatic N) is 2. The summed E-state index contributed by atoms with van der Waals surface area (Å²) in [7, 11) is 0. The van der Waals surface area contributed by atoms with Gasteiger partial charge in [0.1, 0.15) is 6.10 Å². The van der Waals surface area contributed by atoms with Crippen molar-refractivity contribution in [1.82, 2.24) is 9.80 Å². The van der Waals surface area contributed by atoms with Crippen LogP contribution in [0.15, 0.2) is 66.7 Å². The second kappa shape index (κ2) is 12.8. The number of halogens is 2. The van der Waals surface area contributed by atoms with Crippen molar-refractivity contribution in [3.8, 4) is 0 Å². The van der Waals surface area contributed by atoms with Crippen LogP contribution in [0.4, 0.5) is 0 Å². The van der Waals surface area contributed by atoms with E-state index >= 15 is 0 Å². The molecular weight excluding hydrogens is 543 g/mol. The Morgan fingerprint density at radius 3 is 2.12 bits per heavy atom. The standard InChI is InChI=1S/C33H36Cl2N2O3/c1-22-14-23(2)16-25(15-22)32(38)37-13-8-29(21-30(37)17-24-6-4-3-5-7-24)36-11-9-31(10-12-36)40-33(39)26-18-27(34)20-28(35)19-26/h3-7,14-16,18-20,29-31H,8-13,17,21H2,1-2H3/t29-,30+/m0/s1. The van der Waals surface area contributed by atoms with E-state index < -0.39 is 0 Å². The zero-order valence-corrected chi connectivity index (χ0v) is 24.6. The van der Waals surface area contributed by atoms with E-state index in [9.17, 15) is 9.59 Å². The highest BCUT2D eigenvalue weighted by atomic mass is 35.5. The minimum Gasteiger partial charge on any atom is -0.459 e. The van der Waals surface area contributed by atoms with Crippen LogP contribution in [0.5, 0.6) is 0 Å². The molecule has 0 radical (unpaired) electrons. The van der Waals surface area contributed by atoms with Gasteiger partial charge >= 0.3 is 5.97 Å². The second-order valence-electron chi connectivity index (χ2n) is 11.2. The number of carbonyl (C=O) groups excluding carboxylic acids is 2. The van der Waals surface area contributed by atoms with E-state index in [2.05, 4.69) is 40.1 Å². The number of esters is 1. The predicted molar refractivity (Wildman–Crippen MR) is 160 cm³/mol. The smallest absolute Gasteiger partial charge is 0.338 e. The van der Waals surface area contributed by atoms with E-state index in [1.807, 2.05) is 32.0 Å². The Morgan fingerprint density at radius 1 is 0.825 bits per heavy atom. The number of hydrogen-bond acceptors (Lipinski definition) is 4. The van der Waals surface area contributed by atoms with Crippen LogP contribution in [-0.2, 0) is 11.2 Å². The summed E-state index contributed by atoms with van der Waals surface area (Å²) in [5.41, 5.74) is 4.63. The van der Waals surface area contributed by atoms with Gasteiger partial charge in [0.2, 0.25) is 0 Å². The summed E-state index contributed by atoms with van der Waals surface area (Å²) in [6.07, 6.45) is 4.14. The van der Waals surface area contributed by atoms with Crippen molar-refractivity contribution in [3.63, 3.8) is 0 Å². The van der Waals surface area contributed by atoms with Crippen molar-refractivity contribution in [3.05, 3.63) is 105 Å². The molecule has 3 aromatic rings. The fourth-order valence-electron chi connectivity index (χ4n) is 6.22. The fourth-order valence-corrected chi connectivity index (χ4v) is 6.75. The first kappa shape index (κ1) is 28.7. The quantitative estimate of drug-likeness (QED) is 0.291. The van der Waals surface area contributed by atoms with Gasteiger partial charge in [0, 0.05) is 47.3 Å². The first-order valence-corrected chi connectivity index (χ1v) is 14.8. The fraction of sp³-hybridized carbons (Fsp3) is 0.394. The second-order valence-corrected chi connectivity index (χ2v) is 12.1. The topological polar surface area (TPSA) is 49.9 Å². The molecule has 2 atom stereocenters. The Kier molecular flexibility index (Phi) is 9.14. The zero-order valence-electron chi connectivity index (χ0n) is 23.1. The first-order valence-electron chi connectivity index (χ1n) is 14.1. The highest BCUT2D eigenvalue weighted by Crippen LogP contribution is 2.29. The number of carbonyl (C=O) groups is 2. The summed E-state index contributed by atoms with van der Waals surface area (Å²) >= 11 is 12.1. The van der Waals surface area contributed by atoms with E-state index in [4.69, 9.17) is 27.9 Å². The molecule has 5 nitrogen and oxygen atoms in total. The van der Waals surface area contributed by atoms with Crippen molar-refractivity contribution in [2.24, 2.45) is 0 Å². The van der Waals surface area contributed by atoms with Crippen molar-refractivity contribution in [2.75, 3.05) is 19.6 Å². The molecule has 2 saturated heterocycles. The van der Waals surface area contributed by atoms with Crippen molar-refractivity contribution < 1.29 is 14.3 Å². The van der Waals surface area contributed by atoms with Crippen LogP contribution in [0.2, 0.25) is 10.0 Å². The van der Waals surface area contributed by atoms with E-state index in [1.54, 1.807) is 18.2 Å². The average Bonchev–Trinajstić information content (AvgIpc) is 2.92. The van der Waals surface area contributed by atoms with Gasteiger partial charge in [0.15, 0.2) is 0 Å². The minimum absolute atomic E-state index is 0.123. The molecule has 40 heavy (non-hydrogen) atoms. The lowest BCUT2D eigenvalue weighted by molar-refractivity contribution is -0.00380. The molecule has 210 valence electrons. The largest absolute Gasteiger partial charge is 0.459 e. The Hall–Kier alpha value is -2.86. The van der Waals surface area contributed by atoms with Gasteiger partial charge in [-0.25, -0.2) is 4.79 Å². The lowest BCUT2D eigenvalue weighted by Crippen LogP contribution is -2.54. The number of rotatable bonds is 6. The number of piperidine rings is 2. The summed E-state index contributed by atoms with van der Waals surface area (Å²) in [4.78, 5) is 31.0. The number of likely N-dealkylation sites (tertiary alicyclic amines) is 2. The number of benzene rings is 3. The zero-order chi connectivity index (χ0) is 28.2. The Labute approximate surface area is 247 Å². The minimum atomic E-state index is -0.385. The van der Waals surface area contributed by atoms with Crippen LogP contribution >= 0.6 is 23.2 Å². The lowest BCUT2D eigenvalue weighted by atomic mass is 9.89. The summed E-state index contributed by atoms with van der Waals surface area (Å²) in [6.45, 7) is 6.55. The van der Waals surface area contributed by atoms with E-state index in [-0.39, 0.29) is 24.0 Å². The number of hydrogen-bond donors (Lipinski definition) is 0. The van der Waals surface area contributed by atoms with Crippen molar-refractivity contribution in [1.29, 1.82) is 0 Å². The van der Waals surface area contributed by atoms with Crippen molar-refractivity contribution in [2.45, 2.75) is 64.1 Å². The van der Waals surface area contributed by atoms with Gasteiger partial charge in [0.05, 0.1) is 5.56 Å². The summed E-state index contributed by atoms with van der Waals surface area (Å²) in [5, 5.41) is 0.836. The lowest BCUT2D eigenvalue weighted by Gasteiger charge is -2.45. The van der Waals surface area contributed by atoms with E-state index in [1.165, 1.54) is 5.56 Å². The average molecular weight is 580 g/mol. The molecule has 3 aromatic carbocycles. The highest BCUT2D eigenvalue weighted by Gasteiger charge is 2.36. The molecule has 2 heterocycles. The molecule has 0 saturated carbocycles. The molecule has 0 N–H and O–H groups in total. The maximum absolute atomic E-state index is 13.7. The highest BCUT2D eigenvalue weighted by molar-refractivity contribution is 6.35. The Morgan fingerprint density at radius 2 is 1.48 bits per heavy atom. The molecule has 2 fully saturated rings. The molecule has 0 bridgehead atoms. The molecule has 7 heteroatoms. The van der Waals surface area contributed by atoms with E-state index in [0.717, 1.165) is 68.4 Å². The van der Waals surface area contributed by atoms with Crippen LogP contribution < -0.4 is 0 Å². The molecule has 5 rings (SSSR count). The molecular formula is C33H36Cl2N2O3. The number of ether oxygens (including phenoxy) is 1. The Balaban J connectivity index is 1.23. The monoisotopic (exact) mass is 578 g/mol. The Bertz CT molecular complexity index is 1310. The third-order valence-electron chi connectivity index (χ3n) is 8.10. The summed E-state index contributed by atoms with van der Waals surface area (Å²) < 4.78 is 5.80. The predicted octanol–water partition coefficient (Wildman–Crippen LogP) is 7.15. The number of aryl methyl sites for hydroxylation is 2. The molecule has 1 amide bonds. The van der Waals surface area contributed by atoms with Gasteiger partial charge < -0.3 is 9.64 Å². The molecule has 0 aliphatic carbocycles. The summed E-state index contributed by atoms with van der Waals surface area (Å²) in [5.74, 6) is -0.262. The van der Waals surface area contributed by atoms with Gasteiger partial charge in [-0.05, 0) is 81.8 Å². The van der Waals surface area contributed by atoms with Crippen LogP contribution in [0.25, 0.3) is 0 Å². The maximum Gasteiger partial charge on any atom is 0.338 e.